The molecule has 1 heterocycles. The highest BCUT2D eigenvalue weighted by molar-refractivity contribution is 5.79. The molecular formula is C13H17NO4. The van der Waals surface area contributed by atoms with E-state index in [4.69, 9.17) is 10.2 Å². The third-order valence-corrected chi connectivity index (χ3v) is 3.32. The molecule has 0 bridgehead atoms. The highest BCUT2D eigenvalue weighted by Gasteiger charge is 2.30. The van der Waals surface area contributed by atoms with Crippen molar-refractivity contribution < 1.29 is 20.1 Å². The Kier molecular flexibility index (Phi) is 3.72. The van der Waals surface area contributed by atoms with Gasteiger partial charge in [-0.2, -0.15) is 0 Å². The predicted octanol–water partition coefficient (Wildman–Crippen LogP) is 0.980. The summed E-state index contributed by atoms with van der Waals surface area (Å²) in [7, 11) is 0. The number of hydrogen-bond donors (Lipinski definition) is 3. The molecule has 0 spiro atoms. The molecule has 18 heavy (non-hydrogen) atoms. The topological polar surface area (TPSA) is 81.0 Å². The largest absolute Gasteiger partial charge is 0.508 e. The molecule has 0 radical (unpaired) electrons. The van der Waals surface area contributed by atoms with Crippen molar-refractivity contribution in [2.75, 3.05) is 18.1 Å². The zero-order valence-corrected chi connectivity index (χ0v) is 10.0. The van der Waals surface area contributed by atoms with E-state index in [9.17, 15) is 9.90 Å². The molecule has 1 aliphatic heterocycles. The number of anilines is 1. The van der Waals surface area contributed by atoms with E-state index in [2.05, 4.69) is 0 Å². The van der Waals surface area contributed by atoms with Crippen molar-refractivity contribution >= 4 is 11.7 Å². The van der Waals surface area contributed by atoms with Gasteiger partial charge in [0.05, 0.1) is 0 Å². The summed E-state index contributed by atoms with van der Waals surface area (Å²) in [4.78, 5) is 12.9. The van der Waals surface area contributed by atoms with Gasteiger partial charge < -0.3 is 20.2 Å². The zero-order valence-electron chi connectivity index (χ0n) is 10.0. The number of aliphatic hydroxyl groups is 1. The number of phenols is 1. The lowest BCUT2D eigenvalue weighted by Gasteiger charge is -2.24. The Balaban J connectivity index is 2.23. The Hall–Kier alpha value is -1.75. The number of phenolic OH excluding ortho intramolecular Hbond substituents is 1. The van der Waals surface area contributed by atoms with Crippen LogP contribution in [0, 0.1) is 0 Å². The molecule has 1 fully saturated rings. The second kappa shape index (κ2) is 5.27. The third-order valence-electron chi connectivity index (χ3n) is 3.32. The number of hydrogen-bond acceptors (Lipinski definition) is 4. The van der Waals surface area contributed by atoms with Gasteiger partial charge in [-0.15, -0.1) is 0 Å². The molecule has 3 N–H and O–H groups in total. The zero-order chi connectivity index (χ0) is 13.1. The van der Waals surface area contributed by atoms with Crippen molar-refractivity contribution in [1.29, 1.82) is 0 Å². The first kappa shape index (κ1) is 12.7. The van der Waals surface area contributed by atoms with Gasteiger partial charge in [-0.3, -0.25) is 0 Å². The summed E-state index contributed by atoms with van der Waals surface area (Å²) in [6.07, 6.45) is 1.87. The second-order valence-electron chi connectivity index (χ2n) is 4.48. The Labute approximate surface area is 105 Å². The van der Waals surface area contributed by atoms with Crippen LogP contribution in [0.25, 0.3) is 0 Å². The number of benzene rings is 1. The van der Waals surface area contributed by atoms with Gasteiger partial charge in [-0.1, -0.05) is 6.07 Å². The van der Waals surface area contributed by atoms with E-state index in [1.807, 2.05) is 0 Å². The van der Waals surface area contributed by atoms with Crippen LogP contribution in [-0.2, 0) is 11.2 Å². The minimum Gasteiger partial charge on any atom is -0.508 e. The lowest BCUT2D eigenvalue weighted by molar-refractivity contribution is -0.138. The maximum atomic E-state index is 11.1. The lowest BCUT2D eigenvalue weighted by atomic mass is 10.1. The summed E-state index contributed by atoms with van der Waals surface area (Å²) in [5, 5.41) is 27.8. The molecule has 1 unspecified atom stereocenters. The number of nitrogens with zero attached hydrogens (tertiary/aromatic N) is 1. The fourth-order valence-electron chi connectivity index (χ4n) is 2.40. The van der Waals surface area contributed by atoms with E-state index in [-0.39, 0.29) is 12.4 Å². The van der Waals surface area contributed by atoms with Crippen molar-refractivity contribution in [3.8, 4) is 5.75 Å². The summed E-state index contributed by atoms with van der Waals surface area (Å²) in [5.41, 5.74) is 1.39. The fraction of sp³-hybridized carbons (Fsp3) is 0.462. The fourth-order valence-corrected chi connectivity index (χ4v) is 2.40. The minimum atomic E-state index is -0.827. The maximum Gasteiger partial charge on any atom is 0.326 e. The average molecular weight is 251 g/mol. The molecule has 5 heteroatoms. The van der Waals surface area contributed by atoms with E-state index in [0.717, 1.165) is 12.1 Å². The van der Waals surface area contributed by atoms with Crippen LogP contribution in [0.5, 0.6) is 5.75 Å². The number of aliphatic hydroxyl groups excluding tert-OH is 1. The van der Waals surface area contributed by atoms with Crippen molar-refractivity contribution in [1.82, 2.24) is 0 Å². The first-order chi connectivity index (χ1) is 8.63. The molecule has 0 saturated carbocycles. The van der Waals surface area contributed by atoms with Crippen LogP contribution in [0.3, 0.4) is 0 Å². The number of carboxylic acids is 1. The molecule has 1 atom stereocenters. The van der Waals surface area contributed by atoms with E-state index < -0.39 is 12.0 Å². The van der Waals surface area contributed by atoms with Gasteiger partial charge >= 0.3 is 5.97 Å². The molecule has 0 aromatic heterocycles. The molecule has 1 aromatic rings. The number of rotatable bonds is 4. The first-order valence-electron chi connectivity index (χ1n) is 6.05. The van der Waals surface area contributed by atoms with Crippen molar-refractivity contribution in [2.45, 2.75) is 25.3 Å². The van der Waals surface area contributed by atoms with E-state index in [0.29, 0.717) is 24.9 Å². The van der Waals surface area contributed by atoms with Gasteiger partial charge in [-0.05, 0) is 30.9 Å². The van der Waals surface area contributed by atoms with Crippen LogP contribution in [-0.4, -0.2) is 40.5 Å². The maximum absolute atomic E-state index is 11.1. The standard InChI is InChI=1S/C13H17NO4/c15-7-5-9-3-4-10(8-12(9)16)14-6-1-2-11(14)13(17)18/h3-4,8,11,15-16H,1-2,5-7H2,(H,17,18). The van der Waals surface area contributed by atoms with Crippen molar-refractivity contribution in [2.24, 2.45) is 0 Å². The van der Waals surface area contributed by atoms with Crippen molar-refractivity contribution in [3.05, 3.63) is 23.8 Å². The highest BCUT2D eigenvalue weighted by Crippen LogP contribution is 2.30. The van der Waals surface area contributed by atoms with Crippen molar-refractivity contribution in [3.63, 3.8) is 0 Å². The monoisotopic (exact) mass is 251 g/mol. The van der Waals surface area contributed by atoms with Gasteiger partial charge in [0.15, 0.2) is 0 Å². The normalized spacial score (nSPS) is 19.2. The summed E-state index contributed by atoms with van der Waals surface area (Å²) in [6, 6.07) is 4.60. The van der Waals surface area contributed by atoms with Gasteiger partial charge in [0.25, 0.3) is 0 Å². The van der Waals surface area contributed by atoms with Crippen LogP contribution < -0.4 is 4.90 Å². The molecule has 0 amide bonds. The summed E-state index contributed by atoms with van der Waals surface area (Å²) < 4.78 is 0. The molecule has 0 aliphatic carbocycles. The van der Waals surface area contributed by atoms with Gasteiger partial charge in [-0.25, -0.2) is 4.79 Å². The smallest absolute Gasteiger partial charge is 0.326 e. The molecule has 1 aliphatic rings. The Bertz CT molecular complexity index is 447. The van der Waals surface area contributed by atoms with Crippen LogP contribution >= 0.6 is 0 Å². The highest BCUT2D eigenvalue weighted by atomic mass is 16.4. The van der Waals surface area contributed by atoms with Gasteiger partial charge in [0.1, 0.15) is 11.8 Å². The molecule has 5 nitrogen and oxygen atoms in total. The van der Waals surface area contributed by atoms with E-state index >= 15 is 0 Å². The van der Waals surface area contributed by atoms with Crippen LogP contribution in [0.15, 0.2) is 18.2 Å². The Morgan fingerprint density at radius 3 is 2.83 bits per heavy atom. The third kappa shape index (κ3) is 2.41. The molecule has 2 rings (SSSR count). The Morgan fingerprint density at radius 2 is 2.22 bits per heavy atom. The number of carbonyl (C=O) groups is 1. The summed E-state index contributed by atoms with van der Waals surface area (Å²) in [5.74, 6) is -0.719. The Morgan fingerprint density at radius 1 is 1.44 bits per heavy atom. The predicted molar refractivity (Wildman–Crippen MR) is 66.9 cm³/mol. The second-order valence-corrected chi connectivity index (χ2v) is 4.48. The van der Waals surface area contributed by atoms with Crippen LogP contribution in [0.2, 0.25) is 0 Å². The molecular weight excluding hydrogens is 234 g/mol. The van der Waals surface area contributed by atoms with E-state index in [1.165, 1.54) is 0 Å². The van der Waals surface area contributed by atoms with Gasteiger partial charge in [0, 0.05) is 24.9 Å². The minimum absolute atomic E-state index is 0.0195. The summed E-state index contributed by atoms with van der Waals surface area (Å²) in [6.45, 7) is 0.671. The van der Waals surface area contributed by atoms with Gasteiger partial charge in [0.2, 0.25) is 0 Å². The van der Waals surface area contributed by atoms with E-state index in [1.54, 1.807) is 23.1 Å². The number of aliphatic carboxylic acids is 1. The number of carboxylic acid groups (broad SMARTS) is 1. The molecule has 1 aromatic carbocycles. The molecule has 98 valence electrons. The van der Waals surface area contributed by atoms with Crippen LogP contribution in [0.4, 0.5) is 5.69 Å². The summed E-state index contributed by atoms with van der Waals surface area (Å²) >= 11 is 0. The number of aromatic hydroxyl groups is 1. The quantitative estimate of drug-likeness (QED) is 0.743. The van der Waals surface area contributed by atoms with Crippen LogP contribution in [0.1, 0.15) is 18.4 Å². The molecule has 1 saturated heterocycles. The SMILES string of the molecule is O=C(O)C1CCCN1c1ccc(CCO)c(O)c1. The lowest BCUT2D eigenvalue weighted by Crippen LogP contribution is -2.35. The average Bonchev–Trinajstić information content (AvgIpc) is 2.81. The first-order valence-corrected chi connectivity index (χ1v) is 6.05.